The molecule has 2 saturated heterocycles. The fraction of sp³-hybridized carbons (Fsp3) is 0.647. The Bertz CT molecular complexity index is 535. The van der Waals surface area contributed by atoms with Crippen LogP contribution in [0.25, 0.3) is 0 Å². The molecule has 1 atom stereocenters. The van der Waals surface area contributed by atoms with Crippen LogP contribution in [0.15, 0.2) is 23.0 Å². The van der Waals surface area contributed by atoms with Crippen molar-refractivity contribution < 1.29 is 19.1 Å². The largest absolute Gasteiger partial charge is 0.472 e. The maximum absolute atomic E-state index is 12.6. The summed E-state index contributed by atoms with van der Waals surface area (Å²) in [6.07, 6.45) is 6.35. The molecule has 2 aliphatic heterocycles. The highest BCUT2D eigenvalue weighted by molar-refractivity contribution is 5.94. The topological polar surface area (TPSA) is 74.0 Å². The van der Waals surface area contributed by atoms with Crippen LogP contribution in [0, 0.1) is 11.8 Å². The maximum Gasteiger partial charge on any atom is 0.257 e. The fourth-order valence-corrected chi connectivity index (χ4v) is 3.57. The summed E-state index contributed by atoms with van der Waals surface area (Å²) in [6, 6.07) is 1.67. The third-order valence-electron chi connectivity index (χ3n) is 4.99. The van der Waals surface area contributed by atoms with Crippen LogP contribution in [0.2, 0.25) is 0 Å². The van der Waals surface area contributed by atoms with Crippen molar-refractivity contribution in [2.75, 3.05) is 32.8 Å². The van der Waals surface area contributed by atoms with Gasteiger partial charge in [-0.15, -0.1) is 0 Å². The third kappa shape index (κ3) is 3.58. The third-order valence-corrected chi connectivity index (χ3v) is 4.99. The molecule has 6 nitrogen and oxygen atoms in total. The normalized spacial score (nSPS) is 23.1. The van der Waals surface area contributed by atoms with Gasteiger partial charge < -0.3 is 19.3 Å². The van der Waals surface area contributed by atoms with Crippen molar-refractivity contribution >= 4 is 11.8 Å². The number of likely N-dealkylation sites (tertiary alicyclic amines) is 2. The number of hydrogen-bond donors (Lipinski definition) is 1. The zero-order valence-electron chi connectivity index (χ0n) is 13.3. The Balaban J connectivity index is 1.52. The van der Waals surface area contributed by atoms with E-state index in [0.29, 0.717) is 38.0 Å². The molecule has 23 heavy (non-hydrogen) atoms. The molecule has 0 radical (unpaired) electrons. The zero-order valence-corrected chi connectivity index (χ0v) is 13.3. The molecule has 2 amide bonds. The van der Waals surface area contributed by atoms with Crippen LogP contribution >= 0.6 is 0 Å². The van der Waals surface area contributed by atoms with E-state index in [0.717, 1.165) is 19.4 Å². The molecule has 3 rings (SSSR count). The highest BCUT2D eigenvalue weighted by atomic mass is 16.3. The minimum atomic E-state index is -0.0250. The van der Waals surface area contributed by atoms with Crippen LogP contribution < -0.4 is 0 Å². The number of nitrogens with zero attached hydrogens (tertiary/aromatic N) is 2. The quantitative estimate of drug-likeness (QED) is 0.912. The van der Waals surface area contributed by atoms with E-state index in [1.807, 2.05) is 4.90 Å². The van der Waals surface area contributed by atoms with Gasteiger partial charge in [-0.25, -0.2) is 0 Å². The van der Waals surface area contributed by atoms with Gasteiger partial charge in [-0.3, -0.25) is 9.59 Å². The Morgan fingerprint density at radius 1 is 1.17 bits per heavy atom. The van der Waals surface area contributed by atoms with E-state index in [1.54, 1.807) is 11.0 Å². The predicted molar refractivity (Wildman–Crippen MR) is 83.7 cm³/mol. The number of rotatable bonds is 3. The smallest absolute Gasteiger partial charge is 0.257 e. The van der Waals surface area contributed by atoms with Gasteiger partial charge in [0.05, 0.1) is 11.8 Å². The molecule has 3 heterocycles. The summed E-state index contributed by atoms with van der Waals surface area (Å²) in [7, 11) is 0. The molecule has 0 aliphatic carbocycles. The van der Waals surface area contributed by atoms with Gasteiger partial charge in [0.1, 0.15) is 6.26 Å². The van der Waals surface area contributed by atoms with Crippen molar-refractivity contribution in [1.82, 2.24) is 9.80 Å². The molecular formula is C17H24N2O4. The molecule has 1 aromatic rings. The van der Waals surface area contributed by atoms with Gasteiger partial charge in [0.2, 0.25) is 5.91 Å². The van der Waals surface area contributed by atoms with Gasteiger partial charge in [0.25, 0.3) is 5.91 Å². The molecule has 2 fully saturated rings. The SMILES string of the molecule is O=C(c1ccoc1)N1CCC(C(=O)N2CCCC(CO)C2)CC1. The van der Waals surface area contributed by atoms with Crippen LogP contribution in [0.1, 0.15) is 36.0 Å². The van der Waals surface area contributed by atoms with E-state index in [2.05, 4.69) is 0 Å². The second kappa shape index (κ2) is 7.17. The van der Waals surface area contributed by atoms with E-state index in [9.17, 15) is 14.7 Å². The molecule has 0 saturated carbocycles. The highest BCUT2D eigenvalue weighted by Crippen LogP contribution is 2.24. The Labute approximate surface area is 136 Å². The molecule has 1 unspecified atom stereocenters. The van der Waals surface area contributed by atoms with Crippen molar-refractivity contribution in [3.8, 4) is 0 Å². The van der Waals surface area contributed by atoms with E-state index in [4.69, 9.17) is 4.42 Å². The molecule has 1 N–H and O–H groups in total. The fourth-order valence-electron chi connectivity index (χ4n) is 3.57. The van der Waals surface area contributed by atoms with E-state index in [1.165, 1.54) is 12.5 Å². The van der Waals surface area contributed by atoms with Crippen LogP contribution in [-0.2, 0) is 4.79 Å². The van der Waals surface area contributed by atoms with Gasteiger partial charge in [-0.2, -0.15) is 0 Å². The summed E-state index contributed by atoms with van der Waals surface area (Å²) in [5.41, 5.74) is 0.566. The molecule has 126 valence electrons. The lowest BCUT2D eigenvalue weighted by Crippen LogP contribution is -2.47. The van der Waals surface area contributed by atoms with Crippen molar-refractivity contribution in [3.63, 3.8) is 0 Å². The summed E-state index contributed by atoms with van der Waals surface area (Å²) >= 11 is 0. The molecule has 0 bridgehead atoms. The Morgan fingerprint density at radius 3 is 2.61 bits per heavy atom. The van der Waals surface area contributed by atoms with Crippen molar-refractivity contribution in [1.29, 1.82) is 0 Å². The average molecular weight is 320 g/mol. The summed E-state index contributed by atoms with van der Waals surface area (Å²) in [5.74, 6) is 0.387. The van der Waals surface area contributed by atoms with Gasteiger partial charge in [-0.05, 0) is 37.7 Å². The molecule has 1 aromatic heterocycles. The number of amides is 2. The number of hydrogen-bond acceptors (Lipinski definition) is 4. The van der Waals surface area contributed by atoms with Crippen molar-refractivity contribution in [2.24, 2.45) is 11.8 Å². The number of aliphatic hydroxyl groups excluding tert-OH is 1. The second-order valence-electron chi connectivity index (χ2n) is 6.55. The number of carbonyl (C=O) groups is 2. The van der Waals surface area contributed by atoms with Crippen molar-refractivity contribution in [2.45, 2.75) is 25.7 Å². The minimum Gasteiger partial charge on any atom is -0.472 e. The number of aliphatic hydroxyl groups is 1. The number of carbonyl (C=O) groups excluding carboxylic acids is 2. The predicted octanol–water partition coefficient (Wildman–Crippen LogP) is 1.36. The Morgan fingerprint density at radius 2 is 1.96 bits per heavy atom. The first-order chi connectivity index (χ1) is 11.2. The van der Waals surface area contributed by atoms with Crippen LogP contribution in [-0.4, -0.2) is 59.5 Å². The first-order valence-electron chi connectivity index (χ1n) is 8.40. The lowest BCUT2D eigenvalue weighted by atomic mass is 9.92. The Hall–Kier alpha value is -1.82. The second-order valence-corrected chi connectivity index (χ2v) is 6.55. The van der Waals surface area contributed by atoms with E-state index >= 15 is 0 Å². The zero-order chi connectivity index (χ0) is 16.2. The number of furan rings is 1. The van der Waals surface area contributed by atoms with Gasteiger partial charge >= 0.3 is 0 Å². The highest BCUT2D eigenvalue weighted by Gasteiger charge is 2.32. The van der Waals surface area contributed by atoms with Crippen LogP contribution in [0.4, 0.5) is 0 Å². The molecule has 0 spiro atoms. The first kappa shape index (κ1) is 16.1. The van der Waals surface area contributed by atoms with Crippen LogP contribution in [0.3, 0.4) is 0 Å². The monoisotopic (exact) mass is 320 g/mol. The standard InChI is InChI=1S/C17H24N2O4/c20-11-13-2-1-6-19(10-13)16(21)14-3-7-18(8-4-14)17(22)15-5-9-23-12-15/h5,9,12-14,20H,1-4,6-8,10-11H2. The first-order valence-corrected chi connectivity index (χ1v) is 8.40. The van der Waals surface area contributed by atoms with Gasteiger partial charge in [0, 0.05) is 38.7 Å². The maximum atomic E-state index is 12.6. The Kier molecular flexibility index (Phi) is 5.00. The number of piperidine rings is 2. The molecule has 6 heteroatoms. The summed E-state index contributed by atoms with van der Waals surface area (Å²) in [4.78, 5) is 28.6. The lowest BCUT2D eigenvalue weighted by molar-refractivity contribution is -0.139. The van der Waals surface area contributed by atoms with Crippen LogP contribution in [0.5, 0.6) is 0 Å². The summed E-state index contributed by atoms with van der Waals surface area (Å²) in [5, 5.41) is 9.30. The van der Waals surface area contributed by atoms with Gasteiger partial charge in [-0.1, -0.05) is 0 Å². The van der Waals surface area contributed by atoms with E-state index < -0.39 is 0 Å². The lowest BCUT2D eigenvalue weighted by Gasteiger charge is -2.37. The summed E-state index contributed by atoms with van der Waals surface area (Å²) in [6.45, 7) is 2.84. The molecule has 0 aromatic carbocycles. The van der Waals surface area contributed by atoms with Gasteiger partial charge in [0.15, 0.2) is 0 Å². The average Bonchev–Trinajstić information content (AvgIpc) is 3.15. The summed E-state index contributed by atoms with van der Waals surface area (Å²) < 4.78 is 4.96. The molecule has 2 aliphatic rings. The van der Waals surface area contributed by atoms with Crippen molar-refractivity contribution in [3.05, 3.63) is 24.2 Å². The minimum absolute atomic E-state index is 0.000780. The van der Waals surface area contributed by atoms with E-state index in [-0.39, 0.29) is 30.3 Å². The molecular weight excluding hydrogens is 296 g/mol.